The molecule has 1 aromatic carbocycles. The lowest BCUT2D eigenvalue weighted by Crippen LogP contribution is -2.49. The van der Waals surface area contributed by atoms with Crippen LogP contribution in [0.25, 0.3) is 0 Å². The number of anilines is 1. The van der Waals surface area contributed by atoms with Crippen molar-refractivity contribution in [1.29, 1.82) is 5.26 Å². The molecule has 5 heteroatoms. The lowest BCUT2D eigenvalue weighted by atomic mass is 10.1. The molecule has 0 aliphatic carbocycles. The van der Waals surface area contributed by atoms with Gasteiger partial charge in [-0.2, -0.15) is 5.26 Å². The Morgan fingerprint density at radius 3 is 2.80 bits per heavy atom. The summed E-state index contributed by atoms with van der Waals surface area (Å²) in [7, 11) is 1.86. The van der Waals surface area contributed by atoms with Crippen LogP contribution in [0.5, 0.6) is 0 Å². The first-order valence-corrected chi connectivity index (χ1v) is 6.82. The third-order valence-electron chi connectivity index (χ3n) is 3.53. The predicted molar refractivity (Wildman–Crippen MR) is 78.6 cm³/mol. The highest BCUT2D eigenvalue weighted by Crippen LogP contribution is 2.20. The molecule has 0 radical (unpaired) electrons. The Labute approximate surface area is 119 Å². The third-order valence-corrected chi connectivity index (χ3v) is 3.53. The number of carbonyl (C=O) groups is 1. The molecule has 1 aliphatic rings. The van der Waals surface area contributed by atoms with Crippen LogP contribution in [0.3, 0.4) is 0 Å². The Kier molecular flexibility index (Phi) is 4.59. The molecule has 1 heterocycles. The normalized spacial score (nSPS) is 14.8. The van der Waals surface area contributed by atoms with Gasteiger partial charge in [-0.1, -0.05) is 6.07 Å². The van der Waals surface area contributed by atoms with Gasteiger partial charge in [0.25, 0.3) is 0 Å². The van der Waals surface area contributed by atoms with E-state index < -0.39 is 0 Å². The number of hydrogen-bond donors (Lipinski definition) is 1. The summed E-state index contributed by atoms with van der Waals surface area (Å²) < 4.78 is 0. The highest BCUT2D eigenvalue weighted by molar-refractivity contribution is 5.82. The van der Waals surface area contributed by atoms with Crippen LogP contribution in [-0.4, -0.2) is 50.6 Å². The Morgan fingerprint density at radius 2 is 2.15 bits per heavy atom. The first-order valence-electron chi connectivity index (χ1n) is 6.82. The average molecular weight is 272 g/mol. The van der Waals surface area contributed by atoms with Gasteiger partial charge in [0.2, 0.25) is 5.91 Å². The molecule has 2 rings (SSSR count). The van der Waals surface area contributed by atoms with Crippen LogP contribution in [-0.2, 0) is 4.79 Å². The van der Waals surface area contributed by atoms with E-state index in [1.165, 1.54) is 0 Å². The topological polar surface area (TPSA) is 59.4 Å². The Morgan fingerprint density at radius 1 is 1.45 bits per heavy atom. The summed E-state index contributed by atoms with van der Waals surface area (Å²) >= 11 is 0. The minimum absolute atomic E-state index is 0.111. The molecular formula is C15H20N4O. The number of nitrogens with one attached hydrogen (secondary N) is 1. The maximum absolute atomic E-state index is 12.2. The number of nitrogens with zero attached hydrogens (tertiary/aromatic N) is 3. The van der Waals surface area contributed by atoms with Crippen LogP contribution >= 0.6 is 0 Å². The molecule has 5 nitrogen and oxygen atoms in total. The van der Waals surface area contributed by atoms with E-state index in [4.69, 9.17) is 5.26 Å². The minimum atomic E-state index is 0.111. The molecule has 1 amide bonds. The van der Waals surface area contributed by atoms with Crippen LogP contribution in [0.2, 0.25) is 0 Å². The first-order chi connectivity index (χ1) is 9.61. The summed E-state index contributed by atoms with van der Waals surface area (Å²) in [5.74, 6) is 0.111. The maximum Gasteiger partial charge on any atom is 0.242 e. The highest BCUT2D eigenvalue weighted by Gasteiger charge is 2.18. The van der Waals surface area contributed by atoms with Crippen LogP contribution < -0.4 is 10.2 Å². The first kappa shape index (κ1) is 14.4. The molecule has 1 aliphatic heterocycles. The van der Waals surface area contributed by atoms with E-state index in [-0.39, 0.29) is 5.91 Å². The molecule has 0 unspecified atom stereocenters. The molecule has 0 bridgehead atoms. The van der Waals surface area contributed by atoms with E-state index in [1.807, 2.05) is 35.9 Å². The van der Waals surface area contributed by atoms with Gasteiger partial charge in [-0.3, -0.25) is 4.79 Å². The summed E-state index contributed by atoms with van der Waals surface area (Å²) in [6.45, 7) is 5.50. The number of likely N-dealkylation sites (N-methyl/N-ethyl adjacent to an activating group) is 1. The van der Waals surface area contributed by atoms with E-state index in [1.54, 1.807) is 6.07 Å². The number of hydrogen-bond acceptors (Lipinski definition) is 4. The number of benzene rings is 1. The number of nitriles is 1. The lowest BCUT2D eigenvalue weighted by Gasteiger charge is -2.30. The van der Waals surface area contributed by atoms with Gasteiger partial charge in [0, 0.05) is 33.2 Å². The molecule has 0 atom stereocenters. The SMILES string of the molecule is Cc1ccc(C#N)c(N(C)CC(=O)N2CCNCC2)c1. The number of amides is 1. The second-order valence-corrected chi connectivity index (χ2v) is 5.12. The monoisotopic (exact) mass is 272 g/mol. The van der Waals surface area contributed by atoms with Gasteiger partial charge in [-0.15, -0.1) is 0 Å². The van der Waals surface area contributed by atoms with E-state index >= 15 is 0 Å². The second kappa shape index (κ2) is 6.40. The summed E-state index contributed by atoms with van der Waals surface area (Å²) in [4.78, 5) is 16.0. The van der Waals surface area contributed by atoms with Crippen molar-refractivity contribution in [2.45, 2.75) is 6.92 Å². The van der Waals surface area contributed by atoms with Crippen molar-refractivity contribution in [2.75, 3.05) is 44.7 Å². The van der Waals surface area contributed by atoms with Gasteiger partial charge < -0.3 is 15.1 Å². The number of aryl methyl sites for hydroxylation is 1. The second-order valence-electron chi connectivity index (χ2n) is 5.12. The molecule has 1 saturated heterocycles. The summed E-state index contributed by atoms with van der Waals surface area (Å²) in [5, 5.41) is 12.4. The summed E-state index contributed by atoms with van der Waals surface area (Å²) in [6.07, 6.45) is 0. The van der Waals surface area contributed by atoms with Crippen molar-refractivity contribution in [3.63, 3.8) is 0 Å². The Bertz CT molecular complexity index is 529. The quantitative estimate of drug-likeness (QED) is 0.881. The molecule has 0 aromatic heterocycles. The van der Waals surface area contributed by atoms with E-state index in [2.05, 4.69) is 11.4 Å². The van der Waals surface area contributed by atoms with Crippen LogP contribution in [0, 0.1) is 18.3 Å². The van der Waals surface area contributed by atoms with Crippen molar-refractivity contribution in [1.82, 2.24) is 10.2 Å². The average Bonchev–Trinajstić information content (AvgIpc) is 2.48. The summed E-state index contributed by atoms with van der Waals surface area (Å²) in [6, 6.07) is 7.84. The zero-order valence-electron chi connectivity index (χ0n) is 12.0. The summed E-state index contributed by atoms with van der Waals surface area (Å²) in [5.41, 5.74) is 2.50. The molecule has 0 spiro atoms. The van der Waals surface area contributed by atoms with Crippen molar-refractivity contribution >= 4 is 11.6 Å². The van der Waals surface area contributed by atoms with E-state index in [0.717, 1.165) is 37.4 Å². The van der Waals surface area contributed by atoms with Gasteiger partial charge in [0.1, 0.15) is 6.07 Å². The number of piperazine rings is 1. The number of rotatable bonds is 3. The fourth-order valence-corrected chi connectivity index (χ4v) is 2.35. The van der Waals surface area contributed by atoms with Crippen molar-refractivity contribution < 1.29 is 4.79 Å². The zero-order chi connectivity index (χ0) is 14.5. The molecule has 1 fully saturated rings. The van der Waals surface area contributed by atoms with Gasteiger partial charge >= 0.3 is 0 Å². The number of carbonyl (C=O) groups excluding carboxylic acids is 1. The Balaban J connectivity index is 2.07. The standard InChI is InChI=1S/C15H20N4O/c1-12-3-4-13(10-16)14(9-12)18(2)11-15(20)19-7-5-17-6-8-19/h3-4,9,17H,5-8,11H2,1-2H3. The zero-order valence-corrected chi connectivity index (χ0v) is 12.0. The molecule has 106 valence electrons. The van der Waals surface area contributed by atoms with E-state index in [9.17, 15) is 4.79 Å². The van der Waals surface area contributed by atoms with Crippen molar-refractivity contribution in [3.05, 3.63) is 29.3 Å². The Hall–Kier alpha value is -2.06. The lowest BCUT2D eigenvalue weighted by molar-refractivity contribution is -0.130. The predicted octanol–water partition coefficient (Wildman–Crippen LogP) is 0.735. The molecule has 0 saturated carbocycles. The smallest absolute Gasteiger partial charge is 0.242 e. The van der Waals surface area contributed by atoms with Crippen molar-refractivity contribution in [2.24, 2.45) is 0 Å². The van der Waals surface area contributed by atoms with Gasteiger partial charge in [0.15, 0.2) is 0 Å². The van der Waals surface area contributed by atoms with Crippen LogP contribution in [0.4, 0.5) is 5.69 Å². The highest BCUT2D eigenvalue weighted by atomic mass is 16.2. The van der Waals surface area contributed by atoms with Crippen LogP contribution in [0.1, 0.15) is 11.1 Å². The fourth-order valence-electron chi connectivity index (χ4n) is 2.35. The van der Waals surface area contributed by atoms with Gasteiger partial charge in [-0.05, 0) is 24.6 Å². The largest absolute Gasteiger partial charge is 0.364 e. The minimum Gasteiger partial charge on any atom is -0.364 e. The molecule has 1 N–H and O–H groups in total. The van der Waals surface area contributed by atoms with E-state index in [0.29, 0.717) is 12.1 Å². The molecule has 1 aromatic rings. The van der Waals surface area contributed by atoms with Crippen LogP contribution in [0.15, 0.2) is 18.2 Å². The van der Waals surface area contributed by atoms with Gasteiger partial charge in [0.05, 0.1) is 17.8 Å². The fraction of sp³-hybridized carbons (Fsp3) is 0.467. The van der Waals surface area contributed by atoms with Crippen molar-refractivity contribution in [3.8, 4) is 6.07 Å². The van der Waals surface area contributed by atoms with Gasteiger partial charge in [-0.25, -0.2) is 0 Å². The third kappa shape index (κ3) is 3.28. The molecular weight excluding hydrogens is 252 g/mol. The maximum atomic E-state index is 12.2. The molecule has 20 heavy (non-hydrogen) atoms.